The lowest BCUT2D eigenvalue weighted by Crippen LogP contribution is -2.37. The molecule has 3 aromatic heterocycles. The standard InChI is InChI=1S/C28H24N6O4S/c1-2-38-27(35)19-34(39(36,37)25-7-3-5-21-6-4-14-30-28(21)25)24-12-13-26-32-23(17-33(26)18-24)16-31-22-10-8-20(15-29)9-11-22/h3-14,17-18,31H,2,16,19H2,1H3. The molecule has 11 heteroatoms. The highest BCUT2D eigenvalue weighted by molar-refractivity contribution is 7.93. The van der Waals surface area contributed by atoms with Crippen molar-refractivity contribution < 1.29 is 17.9 Å². The molecule has 0 aliphatic carbocycles. The summed E-state index contributed by atoms with van der Waals surface area (Å²) in [6.07, 6.45) is 4.93. The number of aromatic nitrogens is 3. The fourth-order valence-corrected chi connectivity index (χ4v) is 5.73. The lowest BCUT2D eigenvalue weighted by Gasteiger charge is -2.24. The van der Waals surface area contributed by atoms with Crippen molar-refractivity contribution in [3.8, 4) is 6.07 Å². The molecule has 0 aliphatic heterocycles. The molecular formula is C28H24N6O4S. The van der Waals surface area contributed by atoms with E-state index in [4.69, 9.17) is 10.00 Å². The SMILES string of the molecule is CCOC(=O)CN(c1ccc2nc(CNc3ccc(C#N)cc3)cn2c1)S(=O)(=O)c1cccc2cccnc12. The quantitative estimate of drug-likeness (QED) is 0.276. The van der Waals surface area contributed by atoms with E-state index in [1.54, 1.807) is 72.2 Å². The summed E-state index contributed by atoms with van der Waals surface area (Å²) in [4.78, 5) is 21.4. The van der Waals surface area contributed by atoms with Crippen LogP contribution in [0.1, 0.15) is 18.2 Å². The van der Waals surface area contributed by atoms with Gasteiger partial charge in [-0.25, -0.2) is 13.4 Å². The van der Waals surface area contributed by atoms with Crippen molar-refractivity contribution in [1.29, 1.82) is 5.26 Å². The number of anilines is 2. The fourth-order valence-electron chi connectivity index (χ4n) is 4.16. The lowest BCUT2D eigenvalue weighted by atomic mass is 10.2. The number of nitriles is 1. The van der Waals surface area contributed by atoms with E-state index in [1.165, 1.54) is 12.3 Å². The number of imidazole rings is 1. The summed E-state index contributed by atoms with van der Waals surface area (Å²) in [5.74, 6) is -0.674. The summed E-state index contributed by atoms with van der Waals surface area (Å²) >= 11 is 0. The molecule has 0 saturated carbocycles. The van der Waals surface area contributed by atoms with Gasteiger partial charge in [0.25, 0.3) is 10.0 Å². The van der Waals surface area contributed by atoms with Crippen molar-refractivity contribution in [2.45, 2.75) is 18.4 Å². The number of sulfonamides is 1. The zero-order valence-corrected chi connectivity index (χ0v) is 21.8. The third-order valence-electron chi connectivity index (χ3n) is 6.00. The van der Waals surface area contributed by atoms with Crippen LogP contribution in [0.3, 0.4) is 0 Å². The first-order chi connectivity index (χ1) is 18.9. The van der Waals surface area contributed by atoms with Gasteiger partial charge in [0, 0.05) is 29.7 Å². The first kappa shape index (κ1) is 25.7. The Hall–Kier alpha value is -4.95. The van der Waals surface area contributed by atoms with Crippen LogP contribution in [0, 0.1) is 11.3 Å². The maximum atomic E-state index is 14.0. The van der Waals surface area contributed by atoms with Crippen LogP contribution in [-0.4, -0.2) is 41.9 Å². The number of carbonyl (C=O) groups excluding carboxylic acids is 1. The third-order valence-corrected chi connectivity index (χ3v) is 7.81. The largest absolute Gasteiger partial charge is 0.465 e. The van der Waals surface area contributed by atoms with Gasteiger partial charge in [-0.3, -0.25) is 14.1 Å². The van der Waals surface area contributed by atoms with E-state index in [0.29, 0.717) is 28.7 Å². The van der Waals surface area contributed by atoms with Crippen molar-refractivity contribution in [1.82, 2.24) is 14.4 Å². The Balaban J connectivity index is 1.49. The molecule has 39 heavy (non-hydrogen) atoms. The van der Waals surface area contributed by atoms with E-state index >= 15 is 0 Å². The topological polar surface area (TPSA) is 130 Å². The van der Waals surface area contributed by atoms with Gasteiger partial charge in [0.2, 0.25) is 0 Å². The molecule has 0 unspecified atom stereocenters. The normalized spacial score (nSPS) is 11.3. The molecule has 0 radical (unpaired) electrons. The molecule has 0 aliphatic rings. The van der Waals surface area contributed by atoms with Crippen molar-refractivity contribution in [2.75, 3.05) is 22.8 Å². The number of esters is 1. The van der Waals surface area contributed by atoms with Gasteiger partial charge in [-0.15, -0.1) is 0 Å². The number of hydrogen-bond donors (Lipinski definition) is 1. The van der Waals surface area contributed by atoms with Gasteiger partial charge in [-0.05, 0) is 55.5 Å². The number of rotatable bonds is 9. The molecule has 3 heterocycles. The summed E-state index contributed by atoms with van der Waals surface area (Å²) in [5.41, 5.74) is 3.32. The molecule has 5 aromatic rings. The van der Waals surface area contributed by atoms with Crippen molar-refractivity contribution in [2.24, 2.45) is 0 Å². The van der Waals surface area contributed by atoms with Crippen LogP contribution in [0.15, 0.2) is 90.2 Å². The zero-order valence-electron chi connectivity index (χ0n) is 21.0. The first-order valence-electron chi connectivity index (χ1n) is 12.1. The second-order valence-corrected chi connectivity index (χ2v) is 10.4. The van der Waals surface area contributed by atoms with Crippen molar-refractivity contribution >= 4 is 43.9 Å². The molecular weight excluding hydrogens is 516 g/mol. The molecule has 0 spiro atoms. The molecule has 10 nitrogen and oxygen atoms in total. The number of nitrogens with zero attached hydrogens (tertiary/aromatic N) is 5. The number of para-hydroxylation sites is 1. The van der Waals surface area contributed by atoms with Gasteiger partial charge >= 0.3 is 5.97 Å². The monoisotopic (exact) mass is 540 g/mol. The van der Waals surface area contributed by atoms with Gasteiger partial charge in [-0.1, -0.05) is 18.2 Å². The van der Waals surface area contributed by atoms with E-state index in [9.17, 15) is 13.2 Å². The van der Waals surface area contributed by atoms with E-state index in [1.807, 2.05) is 12.1 Å². The number of fused-ring (bicyclic) bond motifs is 2. The summed E-state index contributed by atoms with van der Waals surface area (Å²) in [5, 5.41) is 12.9. The number of ether oxygens (including phenoxy) is 1. The average molecular weight is 541 g/mol. The molecule has 196 valence electrons. The third kappa shape index (κ3) is 5.37. The Morgan fingerprint density at radius 1 is 1.08 bits per heavy atom. The number of nitrogens with one attached hydrogen (secondary N) is 1. The molecule has 0 amide bonds. The smallest absolute Gasteiger partial charge is 0.326 e. The summed E-state index contributed by atoms with van der Waals surface area (Å²) in [7, 11) is -4.21. The van der Waals surface area contributed by atoms with E-state index in [-0.39, 0.29) is 17.2 Å². The van der Waals surface area contributed by atoms with Crippen LogP contribution in [0.25, 0.3) is 16.6 Å². The molecule has 2 aromatic carbocycles. The van der Waals surface area contributed by atoms with Crippen LogP contribution in [0.5, 0.6) is 0 Å². The summed E-state index contributed by atoms with van der Waals surface area (Å²) in [6, 6.07) is 20.9. The number of carbonyl (C=O) groups is 1. The van der Waals surface area contributed by atoms with Gasteiger partial charge in [-0.2, -0.15) is 5.26 Å². The summed E-state index contributed by atoms with van der Waals surface area (Å²) < 4.78 is 35.7. The number of benzene rings is 2. The van der Waals surface area contributed by atoms with Gasteiger partial charge < -0.3 is 14.5 Å². The van der Waals surface area contributed by atoms with Crippen LogP contribution in [0.4, 0.5) is 11.4 Å². The van der Waals surface area contributed by atoms with Crippen LogP contribution in [0.2, 0.25) is 0 Å². The predicted octanol–water partition coefficient (Wildman–Crippen LogP) is 4.12. The fraction of sp³-hybridized carbons (Fsp3) is 0.143. The molecule has 1 N–H and O–H groups in total. The number of pyridine rings is 2. The van der Waals surface area contributed by atoms with Crippen LogP contribution in [-0.2, 0) is 26.1 Å². The van der Waals surface area contributed by atoms with Gasteiger partial charge in [0.15, 0.2) is 0 Å². The van der Waals surface area contributed by atoms with Gasteiger partial charge in [0.1, 0.15) is 17.1 Å². The highest BCUT2D eigenvalue weighted by Gasteiger charge is 2.30. The minimum absolute atomic E-state index is 0.0112. The van der Waals surface area contributed by atoms with E-state index < -0.39 is 22.5 Å². The van der Waals surface area contributed by atoms with E-state index in [0.717, 1.165) is 15.7 Å². The lowest BCUT2D eigenvalue weighted by molar-refractivity contribution is -0.141. The second kappa shape index (κ2) is 10.8. The molecule has 0 saturated heterocycles. The first-order valence-corrected chi connectivity index (χ1v) is 13.6. The minimum atomic E-state index is -4.21. The predicted molar refractivity (Wildman–Crippen MR) is 147 cm³/mol. The highest BCUT2D eigenvalue weighted by atomic mass is 32.2. The Kier molecular flexibility index (Phi) is 7.12. The Morgan fingerprint density at radius 3 is 2.64 bits per heavy atom. The molecule has 0 fully saturated rings. The van der Waals surface area contributed by atoms with Crippen molar-refractivity contribution in [3.05, 3.63) is 96.6 Å². The summed E-state index contributed by atoms with van der Waals surface area (Å²) in [6.45, 7) is 1.69. The maximum Gasteiger partial charge on any atom is 0.326 e. The maximum absolute atomic E-state index is 14.0. The molecule has 0 bridgehead atoms. The average Bonchev–Trinajstić information content (AvgIpc) is 3.37. The highest BCUT2D eigenvalue weighted by Crippen LogP contribution is 2.28. The van der Waals surface area contributed by atoms with Crippen LogP contribution >= 0.6 is 0 Å². The van der Waals surface area contributed by atoms with E-state index in [2.05, 4.69) is 21.4 Å². The zero-order chi connectivity index (χ0) is 27.4. The Bertz CT molecular complexity index is 1800. The van der Waals surface area contributed by atoms with Gasteiger partial charge in [0.05, 0.1) is 41.7 Å². The number of hydrogen-bond acceptors (Lipinski definition) is 8. The minimum Gasteiger partial charge on any atom is -0.465 e. The second-order valence-electron chi connectivity index (χ2n) is 8.58. The van der Waals surface area contributed by atoms with Crippen molar-refractivity contribution in [3.63, 3.8) is 0 Å². The van der Waals surface area contributed by atoms with Crippen LogP contribution < -0.4 is 9.62 Å². The Morgan fingerprint density at radius 2 is 1.87 bits per heavy atom. The molecule has 0 atom stereocenters. The Labute approximate surface area is 225 Å². The molecule has 5 rings (SSSR count).